The molecule has 22 heavy (non-hydrogen) atoms. The zero-order chi connectivity index (χ0) is 16.5. The lowest BCUT2D eigenvalue weighted by molar-refractivity contribution is 0.150. The first-order valence-electron chi connectivity index (χ1n) is 7.35. The van der Waals surface area contributed by atoms with Crippen molar-refractivity contribution in [1.82, 2.24) is 15.1 Å². The Balaban J connectivity index is 1.95. The molecule has 1 saturated heterocycles. The number of H-pyrrole nitrogens is 1. The largest absolute Gasteiger partial charge is 0.324 e. The van der Waals surface area contributed by atoms with Crippen molar-refractivity contribution >= 4 is 21.6 Å². The van der Waals surface area contributed by atoms with Gasteiger partial charge in [-0.2, -0.15) is 5.10 Å². The molecule has 0 bridgehead atoms. The van der Waals surface area contributed by atoms with Crippen molar-refractivity contribution in [3.05, 3.63) is 11.4 Å². The summed E-state index contributed by atoms with van der Waals surface area (Å²) < 4.78 is 23.0. The maximum Gasteiger partial charge on any atom is 0.321 e. The van der Waals surface area contributed by atoms with Gasteiger partial charge < -0.3 is 10.2 Å². The molecule has 0 unspecified atom stereocenters. The van der Waals surface area contributed by atoms with Crippen molar-refractivity contribution in [1.29, 1.82) is 0 Å². The van der Waals surface area contributed by atoms with Crippen LogP contribution in [0.15, 0.2) is 0 Å². The highest BCUT2D eigenvalue weighted by Gasteiger charge is 2.34. The van der Waals surface area contributed by atoms with E-state index in [1.165, 1.54) is 6.26 Å². The number of carbonyl (C=O) groups is 1. The molecule has 1 aliphatic heterocycles. The monoisotopic (exact) mass is 328 g/mol. The molecular weight excluding hydrogens is 304 g/mol. The average Bonchev–Trinajstić information content (AvgIpc) is 2.68. The molecule has 2 N–H and O–H groups in total. The number of aryl methyl sites for hydroxylation is 2. The molecule has 2 amide bonds. The van der Waals surface area contributed by atoms with E-state index in [9.17, 15) is 13.2 Å². The summed E-state index contributed by atoms with van der Waals surface area (Å²) in [7, 11) is -3.00. The lowest BCUT2D eigenvalue weighted by Crippen LogP contribution is -2.46. The standard InChI is InChI=1S/C14H24N4O3S/c1-10-12(11(2)17-16-10)15-13(19)18-7-5-14(3,6-8-18)9-22(4,20)21/h5-9H2,1-4H3,(H,15,19)(H,16,17). The van der Waals surface area contributed by atoms with Crippen molar-refractivity contribution in [2.45, 2.75) is 33.6 Å². The lowest BCUT2D eigenvalue weighted by Gasteiger charge is -2.38. The van der Waals surface area contributed by atoms with Crippen molar-refractivity contribution in [2.24, 2.45) is 5.41 Å². The van der Waals surface area contributed by atoms with Crippen LogP contribution in [-0.4, -0.2) is 54.6 Å². The number of hydrogen-bond donors (Lipinski definition) is 2. The van der Waals surface area contributed by atoms with Crippen LogP contribution in [0.3, 0.4) is 0 Å². The molecule has 0 spiro atoms. The number of anilines is 1. The van der Waals surface area contributed by atoms with E-state index in [4.69, 9.17) is 0 Å². The van der Waals surface area contributed by atoms with Crippen LogP contribution >= 0.6 is 0 Å². The zero-order valence-electron chi connectivity index (χ0n) is 13.6. The number of nitrogens with zero attached hydrogens (tertiary/aromatic N) is 2. The third-order valence-electron chi connectivity index (χ3n) is 4.23. The van der Waals surface area contributed by atoms with Crippen LogP contribution in [0.5, 0.6) is 0 Å². The Labute approximate surface area is 131 Å². The molecule has 2 rings (SSSR count). The van der Waals surface area contributed by atoms with E-state index in [1.807, 2.05) is 20.8 Å². The summed E-state index contributed by atoms with van der Waals surface area (Å²) in [6, 6.07) is -0.158. The van der Waals surface area contributed by atoms with Gasteiger partial charge in [0.1, 0.15) is 9.84 Å². The van der Waals surface area contributed by atoms with E-state index in [0.717, 1.165) is 17.1 Å². The molecule has 0 radical (unpaired) electrons. The predicted molar refractivity (Wildman–Crippen MR) is 85.7 cm³/mol. The number of hydrogen-bond acceptors (Lipinski definition) is 4. The van der Waals surface area contributed by atoms with Crippen LogP contribution in [-0.2, 0) is 9.84 Å². The molecule has 1 fully saturated rings. The number of rotatable bonds is 3. The van der Waals surface area contributed by atoms with E-state index in [0.29, 0.717) is 25.9 Å². The van der Waals surface area contributed by atoms with Crippen LogP contribution in [0.1, 0.15) is 31.2 Å². The van der Waals surface area contributed by atoms with Gasteiger partial charge in [0, 0.05) is 19.3 Å². The summed E-state index contributed by atoms with van der Waals surface area (Å²) >= 11 is 0. The van der Waals surface area contributed by atoms with Crippen molar-refractivity contribution in [3.8, 4) is 0 Å². The van der Waals surface area contributed by atoms with E-state index < -0.39 is 9.84 Å². The van der Waals surface area contributed by atoms with Gasteiger partial charge in [-0.15, -0.1) is 0 Å². The number of nitrogens with one attached hydrogen (secondary N) is 2. The summed E-state index contributed by atoms with van der Waals surface area (Å²) in [5.74, 6) is 0.176. The molecule has 0 atom stereocenters. The van der Waals surface area contributed by atoms with Gasteiger partial charge in [0.05, 0.1) is 22.8 Å². The van der Waals surface area contributed by atoms with Crippen LogP contribution < -0.4 is 5.32 Å². The van der Waals surface area contributed by atoms with Crippen LogP contribution in [0.4, 0.5) is 10.5 Å². The first-order chi connectivity index (χ1) is 10.1. The molecule has 1 aromatic heterocycles. The van der Waals surface area contributed by atoms with Gasteiger partial charge >= 0.3 is 6.03 Å². The molecule has 8 heteroatoms. The van der Waals surface area contributed by atoms with Crippen LogP contribution in [0.2, 0.25) is 0 Å². The fourth-order valence-electron chi connectivity index (χ4n) is 2.95. The Hall–Kier alpha value is -1.57. The second-order valence-electron chi connectivity index (χ2n) is 6.61. The molecule has 1 aromatic rings. The Bertz CT molecular complexity index is 638. The Morgan fingerprint density at radius 2 is 1.95 bits per heavy atom. The predicted octanol–water partition coefficient (Wildman–Crippen LogP) is 1.71. The maximum absolute atomic E-state index is 12.3. The number of aromatic amines is 1. The first-order valence-corrected chi connectivity index (χ1v) is 9.41. The minimum Gasteiger partial charge on any atom is -0.324 e. The topological polar surface area (TPSA) is 95.2 Å². The summed E-state index contributed by atoms with van der Waals surface area (Å²) in [6.45, 7) is 6.79. The third kappa shape index (κ3) is 4.00. The molecule has 0 aromatic carbocycles. The van der Waals surface area contributed by atoms with Crippen molar-refractivity contribution < 1.29 is 13.2 Å². The molecule has 0 saturated carbocycles. The van der Waals surface area contributed by atoms with Crippen molar-refractivity contribution in [3.63, 3.8) is 0 Å². The zero-order valence-corrected chi connectivity index (χ0v) is 14.4. The maximum atomic E-state index is 12.3. The van der Waals surface area contributed by atoms with Gasteiger partial charge in [0.25, 0.3) is 0 Å². The highest BCUT2D eigenvalue weighted by atomic mass is 32.2. The highest BCUT2D eigenvalue weighted by Crippen LogP contribution is 2.32. The number of likely N-dealkylation sites (tertiary alicyclic amines) is 1. The van der Waals surface area contributed by atoms with Gasteiger partial charge in [0.2, 0.25) is 0 Å². The number of aromatic nitrogens is 2. The number of piperidine rings is 1. The second-order valence-corrected chi connectivity index (χ2v) is 8.75. The smallest absolute Gasteiger partial charge is 0.321 e. The first kappa shape index (κ1) is 16.8. The second kappa shape index (κ2) is 5.91. The number of carbonyl (C=O) groups excluding carboxylic acids is 1. The molecule has 1 aliphatic rings. The Morgan fingerprint density at radius 1 is 1.36 bits per heavy atom. The van der Waals surface area contributed by atoms with Gasteiger partial charge in [-0.1, -0.05) is 6.92 Å². The summed E-state index contributed by atoms with van der Waals surface area (Å²) in [5, 5.41) is 9.77. The molecule has 2 heterocycles. The molecule has 0 aliphatic carbocycles. The Kier molecular flexibility index (Phi) is 4.51. The van der Waals surface area contributed by atoms with Gasteiger partial charge in [-0.05, 0) is 32.1 Å². The number of amides is 2. The molecular formula is C14H24N4O3S. The third-order valence-corrected chi connectivity index (χ3v) is 5.45. The van der Waals surface area contributed by atoms with Crippen LogP contribution in [0, 0.1) is 19.3 Å². The normalized spacial score (nSPS) is 18.3. The van der Waals surface area contributed by atoms with Gasteiger partial charge in [-0.3, -0.25) is 5.10 Å². The Morgan fingerprint density at radius 3 is 2.41 bits per heavy atom. The molecule has 124 valence electrons. The fraction of sp³-hybridized carbons (Fsp3) is 0.714. The average molecular weight is 328 g/mol. The van der Waals surface area contributed by atoms with E-state index in [1.54, 1.807) is 4.90 Å². The minimum atomic E-state index is -3.00. The fourth-order valence-corrected chi connectivity index (χ4v) is 4.50. The number of urea groups is 1. The van der Waals surface area contributed by atoms with Crippen LogP contribution in [0.25, 0.3) is 0 Å². The SMILES string of the molecule is Cc1n[nH]c(C)c1NC(=O)N1CCC(C)(CS(C)(=O)=O)CC1. The van der Waals surface area contributed by atoms with Gasteiger partial charge in [0.15, 0.2) is 0 Å². The van der Waals surface area contributed by atoms with Crippen molar-refractivity contribution in [2.75, 3.05) is 30.4 Å². The van der Waals surface area contributed by atoms with E-state index in [2.05, 4.69) is 15.5 Å². The molecule has 7 nitrogen and oxygen atoms in total. The minimum absolute atomic E-state index is 0.158. The lowest BCUT2D eigenvalue weighted by atomic mass is 9.82. The van der Waals surface area contributed by atoms with E-state index >= 15 is 0 Å². The quantitative estimate of drug-likeness (QED) is 0.883. The summed E-state index contributed by atoms with van der Waals surface area (Å²) in [4.78, 5) is 14.1. The number of sulfone groups is 1. The summed E-state index contributed by atoms with van der Waals surface area (Å²) in [5.41, 5.74) is 2.05. The summed E-state index contributed by atoms with van der Waals surface area (Å²) in [6.07, 6.45) is 2.65. The van der Waals surface area contributed by atoms with E-state index in [-0.39, 0.29) is 17.2 Å². The van der Waals surface area contributed by atoms with Gasteiger partial charge in [-0.25, -0.2) is 13.2 Å². The highest BCUT2D eigenvalue weighted by molar-refractivity contribution is 7.90.